The van der Waals surface area contributed by atoms with Crippen LogP contribution in [0.1, 0.15) is 25.7 Å². The minimum atomic E-state index is -1.09. The molecule has 1 aliphatic rings. The Bertz CT molecular complexity index is 501. The van der Waals surface area contributed by atoms with Crippen molar-refractivity contribution < 1.29 is 9.00 Å². The maximum atomic E-state index is 12.0. The minimum Gasteiger partial charge on any atom is -0.399 e. The summed E-state index contributed by atoms with van der Waals surface area (Å²) in [6.45, 7) is 0. The molecule has 3 N–H and O–H groups in total. The highest BCUT2D eigenvalue weighted by molar-refractivity contribution is 7.86. The number of nitrogen functional groups attached to an aromatic ring is 1. The third-order valence-electron chi connectivity index (χ3n) is 3.21. The monoisotopic (exact) mass is 300 g/mol. The molecule has 2 rings (SSSR count). The summed E-state index contributed by atoms with van der Waals surface area (Å²) < 4.78 is 12.0. The fourth-order valence-electron chi connectivity index (χ4n) is 2.22. The molecule has 0 aliphatic heterocycles. The van der Waals surface area contributed by atoms with Gasteiger partial charge in [0.15, 0.2) is 0 Å². The van der Waals surface area contributed by atoms with Gasteiger partial charge in [0.05, 0.1) is 10.7 Å². The maximum Gasteiger partial charge on any atom is 0.237 e. The van der Waals surface area contributed by atoms with E-state index in [-0.39, 0.29) is 16.9 Å². The molecule has 1 fully saturated rings. The van der Waals surface area contributed by atoms with E-state index < -0.39 is 10.8 Å². The molecule has 0 radical (unpaired) electrons. The van der Waals surface area contributed by atoms with Crippen LogP contribution in [0.15, 0.2) is 18.2 Å². The van der Waals surface area contributed by atoms with E-state index in [0.29, 0.717) is 16.4 Å². The minimum absolute atomic E-state index is 0.0331. The summed E-state index contributed by atoms with van der Waals surface area (Å²) in [5.74, 6) is -0.234. The van der Waals surface area contributed by atoms with Crippen molar-refractivity contribution in [2.24, 2.45) is 0 Å². The van der Waals surface area contributed by atoms with Crippen LogP contribution >= 0.6 is 11.6 Å². The van der Waals surface area contributed by atoms with Crippen molar-refractivity contribution in [3.05, 3.63) is 23.2 Å². The summed E-state index contributed by atoms with van der Waals surface area (Å²) in [4.78, 5) is 11.8. The van der Waals surface area contributed by atoms with Gasteiger partial charge in [-0.15, -0.1) is 0 Å². The molecule has 0 heterocycles. The van der Waals surface area contributed by atoms with Crippen molar-refractivity contribution in [3.8, 4) is 0 Å². The van der Waals surface area contributed by atoms with Gasteiger partial charge in [0, 0.05) is 21.7 Å². The first-order valence-electron chi connectivity index (χ1n) is 6.28. The van der Waals surface area contributed by atoms with Crippen molar-refractivity contribution in [3.63, 3.8) is 0 Å². The highest BCUT2D eigenvalue weighted by Crippen LogP contribution is 2.25. The number of anilines is 2. The van der Waals surface area contributed by atoms with Crippen molar-refractivity contribution in [2.75, 3.05) is 16.8 Å². The van der Waals surface area contributed by atoms with Crippen molar-refractivity contribution in [1.29, 1.82) is 0 Å². The van der Waals surface area contributed by atoms with Gasteiger partial charge in [-0.2, -0.15) is 0 Å². The molecule has 1 amide bonds. The molecule has 0 bridgehead atoms. The lowest BCUT2D eigenvalue weighted by atomic mass is 10.3. The Morgan fingerprint density at radius 1 is 1.42 bits per heavy atom. The second-order valence-electron chi connectivity index (χ2n) is 4.72. The number of carbonyl (C=O) groups excluding carboxylic acids is 1. The summed E-state index contributed by atoms with van der Waals surface area (Å²) in [6, 6.07) is 4.88. The third kappa shape index (κ3) is 3.94. The standard InChI is InChI=1S/C13H17ClN2O2S/c14-11-7-9(15)5-6-12(11)16-13(17)8-19(18)10-3-1-2-4-10/h5-7,10H,1-4,8,15H2,(H,16,17). The zero-order valence-corrected chi connectivity index (χ0v) is 12.1. The van der Waals surface area contributed by atoms with Gasteiger partial charge in [0.1, 0.15) is 5.75 Å². The molecular weight excluding hydrogens is 284 g/mol. The maximum absolute atomic E-state index is 12.0. The molecule has 1 aliphatic carbocycles. The average molecular weight is 301 g/mol. The van der Waals surface area contributed by atoms with Gasteiger partial charge in [0.2, 0.25) is 5.91 Å². The molecule has 1 atom stereocenters. The van der Waals surface area contributed by atoms with Gasteiger partial charge in [-0.25, -0.2) is 0 Å². The Balaban J connectivity index is 1.91. The number of amides is 1. The Kier molecular flexibility index (Phi) is 4.82. The van der Waals surface area contributed by atoms with E-state index >= 15 is 0 Å². The first-order valence-corrected chi connectivity index (χ1v) is 8.04. The van der Waals surface area contributed by atoms with Crippen LogP contribution in [-0.2, 0) is 15.6 Å². The quantitative estimate of drug-likeness (QED) is 0.839. The van der Waals surface area contributed by atoms with Gasteiger partial charge in [0.25, 0.3) is 0 Å². The largest absolute Gasteiger partial charge is 0.399 e. The van der Waals surface area contributed by atoms with E-state index in [1.165, 1.54) is 0 Å². The van der Waals surface area contributed by atoms with Crippen LogP contribution in [0.4, 0.5) is 11.4 Å². The molecule has 1 unspecified atom stereocenters. The van der Waals surface area contributed by atoms with E-state index in [1.54, 1.807) is 18.2 Å². The van der Waals surface area contributed by atoms with Crippen LogP contribution in [-0.4, -0.2) is 21.1 Å². The highest BCUT2D eigenvalue weighted by atomic mass is 35.5. The number of rotatable bonds is 4. The SMILES string of the molecule is Nc1ccc(NC(=O)CS(=O)C2CCCC2)c(Cl)c1. The topological polar surface area (TPSA) is 72.2 Å². The van der Waals surface area contributed by atoms with Crippen molar-refractivity contribution >= 4 is 39.7 Å². The van der Waals surface area contributed by atoms with Gasteiger partial charge in [-0.1, -0.05) is 24.4 Å². The van der Waals surface area contributed by atoms with Crippen LogP contribution in [0.25, 0.3) is 0 Å². The van der Waals surface area contributed by atoms with Gasteiger partial charge in [-0.05, 0) is 31.0 Å². The predicted molar refractivity (Wildman–Crippen MR) is 79.8 cm³/mol. The lowest BCUT2D eigenvalue weighted by Crippen LogP contribution is -2.24. The lowest BCUT2D eigenvalue weighted by molar-refractivity contribution is -0.113. The normalized spacial score (nSPS) is 17.3. The molecule has 6 heteroatoms. The number of carbonyl (C=O) groups is 1. The Hall–Kier alpha value is -1.07. The summed E-state index contributed by atoms with van der Waals surface area (Å²) in [6.07, 6.45) is 4.15. The van der Waals surface area contributed by atoms with Crippen LogP contribution in [0.3, 0.4) is 0 Å². The molecule has 19 heavy (non-hydrogen) atoms. The van der Waals surface area contributed by atoms with Crippen LogP contribution in [0, 0.1) is 0 Å². The zero-order valence-electron chi connectivity index (χ0n) is 10.5. The van der Waals surface area contributed by atoms with E-state index in [0.717, 1.165) is 25.7 Å². The zero-order chi connectivity index (χ0) is 13.8. The Morgan fingerprint density at radius 2 is 2.11 bits per heavy atom. The summed E-state index contributed by atoms with van der Waals surface area (Å²) in [5, 5.41) is 3.23. The smallest absolute Gasteiger partial charge is 0.237 e. The molecule has 104 valence electrons. The number of hydrogen-bond donors (Lipinski definition) is 2. The number of benzene rings is 1. The molecule has 4 nitrogen and oxygen atoms in total. The Morgan fingerprint density at radius 3 is 2.74 bits per heavy atom. The summed E-state index contributed by atoms with van der Waals surface area (Å²) in [7, 11) is -1.09. The molecule has 0 aromatic heterocycles. The van der Waals surface area contributed by atoms with Crippen molar-refractivity contribution in [1.82, 2.24) is 0 Å². The molecule has 1 aromatic carbocycles. The predicted octanol–water partition coefficient (Wildman–Crippen LogP) is 2.55. The van der Waals surface area contributed by atoms with Crippen LogP contribution < -0.4 is 11.1 Å². The van der Waals surface area contributed by atoms with E-state index in [2.05, 4.69) is 5.32 Å². The second-order valence-corrected chi connectivity index (χ2v) is 6.84. The third-order valence-corrected chi connectivity index (χ3v) is 5.29. The molecule has 0 saturated heterocycles. The first-order chi connectivity index (χ1) is 9.06. The fourth-order valence-corrected chi connectivity index (χ4v) is 3.88. The van der Waals surface area contributed by atoms with Gasteiger partial charge >= 0.3 is 0 Å². The van der Waals surface area contributed by atoms with E-state index in [4.69, 9.17) is 17.3 Å². The molecule has 1 saturated carbocycles. The number of nitrogens with one attached hydrogen (secondary N) is 1. The average Bonchev–Trinajstić information content (AvgIpc) is 2.86. The molecular formula is C13H17ClN2O2S. The van der Waals surface area contributed by atoms with Crippen molar-refractivity contribution in [2.45, 2.75) is 30.9 Å². The van der Waals surface area contributed by atoms with Gasteiger partial charge in [-0.3, -0.25) is 9.00 Å². The number of hydrogen-bond acceptors (Lipinski definition) is 3. The molecule has 1 aromatic rings. The van der Waals surface area contributed by atoms with E-state index in [1.807, 2.05) is 0 Å². The van der Waals surface area contributed by atoms with E-state index in [9.17, 15) is 9.00 Å². The molecule has 0 spiro atoms. The Labute approximate surface area is 120 Å². The van der Waals surface area contributed by atoms with Gasteiger partial charge < -0.3 is 11.1 Å². The van der Waals surface area contributed by atoms with Crippen LogP contribution in [0.2, 0.25) is 5.02 Å². The first kappa shape index (κ1) is 14.3. The second kappa shape index (κ2) is 6.39. The highest BCUT2D eigenvalue weighted by Gasteiger charge is 2.23. The summed E-state index contributed by atoms with van der Waals surface area (Å²) >= 11 is 5.97. The lowest BCUT2D eigenvalue weighted by Gasteiger charge is -2.10. The summed E-state index contributed by atoms with van der Waals surface area (Å²) in [5.41, 5.74) is 6.62. The number of halogens is 1. The number of nitrogens with two attached hydrogens (primary N) is 1. The fraction of sp³-hybridized carbons (Fsp3) is 0.462. The van der Waals surface area contributed by atoms with Crippen LogP contribution in [0.5, 0.6) is 0 Å².